The molecule has 0 unspecified atom stereocenters. The quantitative estimate of drug-likeness (QED) is 0.801. The van der Waals surface area contributed by atoms with Crippen LogP contribution >= 0.6 is 0 Å². The molecule has 28 heavy (non-hydrogen) atoms. The number of pyridine rings is 1. The standard InChI is InChI=1S/C24H28N2O2/c1-25-21-15-18-9-5-6-10-19(18)24(20(21)11-12-22(25)27)14-13-23(28)26(24)16-17-7-3-2-4-8-17/h2-4,7-8,11-12,18-19H,5-6,9-10,13-16H2,1H3/t18-,19+,24-/m1/s1. The molecule has 1 aromatic carbocycles. The Morgan fingerprint density at radius 2 is 1.82 bits per heavy atom. The molecule has 2 heterocycles. The highest BCUT2D eigenvalue weighted by atomic mass is 16.2. The molecule has 1 aliphatic heterocycles. The smallest absolute Gasteiger partial charge is 0.250 e. The Labute approximate surface area is 166 Å². The Balaban J connectivity index is 1.69. The van der Waals surface area contributed by atoms with Crippen molar-refractivity contribution in [3.8, 4) is 0 Å². The highest BCUT2D eigenvalue weighted by Gasteiger charge is 2.57. The number of nitrogens with zero attached hydrogens (tertiary/aromatic N) is 2. The molecule has 5 rings (SSSR count). The van der Waals surface area contributed by atoms with E-state index < -0.39 is 0 Å². The maximum absolute atomic E-state index is 13.1. The first-order valence-electron chi connectivity index (χ1n) is 10.6. The number of fused-ring (bicyclic) bond motifs is 4. The van der Waals surface area contributed by atoms with E-state index in [1.807, 2.05) is 35.9 Å². The Kier molecular flexibility index (Phi) is 4.18. The zero-order valence-electron chi connectivity index (χ0n) is 16.6. The third-order valence-corrected chi connectivity index (χ3v) is 7.57. The largest absolute Gasteiger partial charge is 0.328 e. The predicted octanol–water partition coefficient (Wildman–Crippen LogP) is 3.77. The molecule has 0 radical (unpaired) electrons. The maximum Gasteiger partial charge on any atom is 0.250 e. The fourth-order valence-electron chi connectivity index (χ4n) is 6.30. The van der Waals surface area contributed by atoms with Crippen molar-refractivity contribution in [3.05, 3.63) is 69.6 Å². The van der Waals surface area contributed by atoms with Gasteiger partial charge in [0.2, 0.25) is 11.5 Å². The van der Waals surface area contributed by atoms with E-state index in [9.17, 15) is 9.59 Å². The number of benzene rings is 1. The SMILES string of the molecule is Cn1c2c(ccc1=O)[C@@]1(CCC(=O)N1Cc1ccccc1)[C@H]1CCCC[C@@H]1C2. The lowest BCUT2D eigenvalue weighted by Gasteiger charge is -2.53. The van der Waals surface area contributed by atoms with Gasteiger partial charge < -0.3 is 9.47 Å². The van der Waals surface area contributed by atoms with E-state index in [2.05, 4.69) is 17.0 Å². The van der Waals surface area contributed by atoms with E-state index in [0.717, 1.165) is 18.5 Å². The minimum Gasteiger partial charge on any atom is -0.328 e. The van der Waals surface area contributed by atoms with Crippen LogP contribution in [-0.2, 0) is 30.3 Å². The number of hydrogen-bond donors (Lipinski definition) is 0. The van der Waals surface area contributed by atoms with E-state index in [0.29, 0.717) is 24.8 Å². The second kappa shape index (κ2) is 6.61. The minimum absolute atomic E-state index is 0.0575. The lowest BCUT2D eigenvalue weighted by atomic mass is 9.59. The molecular weight excluding hydrogens is 348 g/mol. The molecule has 1 amide bonds. The van der Waals surface area contributed by atoms with E-state index in [1.54, 1.807) is 6.07 Å². The van der Waals surface area contributed by atoms with Crippen LogP contribution in [0.25, 0.3) is 0 Å². The molecule has 0 N–H and O–H groups in total. The third-order valence-electron chi connectivity index (χ3n) is 7.57. The van der Waals surface area contributed by atoms with Crippen molar-refractivity contribution in [1.29, 1.82) is 0 Å². The molecule has 4 nitrogen and oxygen atoms in total. The normalized spacial score (nSPS) is 29.0. The second-order valence-corrected chi connectivity index (χ2v) is 8.84. The average Bonchev–Trinajstić information content (AvgIpc) is 3.03. The first kappa shape index (κ1) is 17.7. The van der Waals surface area contributed by atoms with Crippen LogP contribution in [0.3, 0.4) is 0 Å². The van der Waals surface area contributed by atoms with Crippen molar-refractivity contribution >= 4 is 5.91 Å². The highest BCUT2D eigenvalue weighted by Crippen LogP contribution is 2.56. The van der Waals surface area contributed by atoms with Crippen molar-refractivity contribution in [2.75, 3.05) is 0 Å². The van der Waals surface area contributed by atoms with Gasteiger partial charge >= 0.3 is 0 Å². The summed E-state index contributed by atoms with van der Waals surface area (Å²) in [4.78, 5) is 27.7. The van der Waals surface area contributed by atoms with Gasteiger partial charge in [0.25, 0.3) is 0 Å². The summed E-state index contributed by atoms with van der Waals surface area (Å²) in [5.74, 6) is 1.33. The molecule has 146 valence electrons. The van der Waals surface area contributed by atoms with Gasteiger partial charge in [0.1, 0.15) is 0 Å². The Morgan fingerprint density at radius 1 is 1.04 bits per heavy atom. The summed E-state index contributed by atoms with van der Waals surface area (Å²) in [6.45, 7) is 0.658. The number of carbonyl (C=O) groups is 1. The molecule has 2 aromatic rings. The van der Waals surface area contributed by atoms with Gasteiger partial charge in [-0.05, 0) is 54.7 Å². The fourth-order valence-corrected chi connectivity index (χ4v) is 6.30. The van der Waals surface area contributed by atoms with Crippen LogP contribution in [0.5, 0.6) is 0 Å². The molecule has 1 aromatic heterocycles. The lowest BCUT2D eigenvalue weighted by Crippen LogP contribution is -2.55. The van der Waals surface area contributed by atoms with E-state index in [4.69, 9.17) is 0 Å². The summed E-state index contributed by atoms with van der Waals surface area (Å²) in [6.07, 6.45) is 7.37. The van der Waals surface area contributed by atoms with Gasteiger partial charge in [-0.25, -0.2) is 0 Å². The van der Waals surface area contributed by atoms with Crippen molar-refractivity contribution < 1.29 is 4.79 Å². The van der Waals surface area contributed by atoms with Crippen LogP contribution in [0.1, 0.15) is 55.3 Å². The number of aromatic nitrogens is 1. The van der Waals surface area contributed by atoms with E-state index in [-0.39, 0.29) is 17.0 Å². The fraction of sp³-hybridized carbons (Fsp3) is 0.500. The molecule has 1 saturated carbocycles. The van der Waals surface area contributed by atoms with Crippen molar-refractivity contribution in [2.45, 2.75) is 57.0 Å². The topological polar surface area (TPSA) is 42.3 Å². The van der Waals surface area contributed by atoms with Crippen LogP contribution in [0.15, 0.2) is 47.3 Å². The molecule has 0 bridgehead atoms. The van der Waals surface area contributed by atoms with Crippen LogP contribution in [0, 0.1) is 11.8 Å². The van der Waals surface area contributed by atoms with Gasteiger partial charge in [-0.2, -0.15) is 0 Å². The summed E-state index contributed by atoms with van der Waals surface area (Å²) in [7, 11) is 1.90. The first-order valence-corrected chi connectivity index (χ1v) is 10.6. The Morgan fingerprint density at radius 3 is 2.64 bits per heavy atom. The number of carbonyl (C=O) groups excluding carboxylic acids is 1. The van der Waals surface area contributed by atoms with Gasteiger partial charge in [-0.15, -0.1) is 0 Å². The summed E-state index contributed by atoms with van der Waals surface area (Å²) in [5, 5.41) is 0. The Hall–Kier alpha value is -2.36. The maximum atomic E-state index is 13.1. The number of hydrogen-bond acceptors (Lipinski definition) is 2. The molecular formula is C24H28N2O2. The minimum atomic E-state index is -0.253. The van der Waals surface area contributed by atoms with Crippen LogP contribution in [0.2, 0.25) is 0 Å². The molecule has 1 saturated heterocycles. The van der Waals surface area contributed by atoms with Gasteiger partial charge in [0.15, 0.2) is 0 Å². The first-order chi connectivity index (χ1) is 13.6. The second-order valence-electron chi connectivity index (χ2n) is 8.84. The van der Waals surface area contributed by atoms with E-state index in [1.165, 1.54) is 36.8 Å². The third kappa shape index (κ3) is 2.50. The van der Waals surface area contributed by atoms with Crippen LogP contribution in [-0.4, -0.2) is 15.4 Å². The van der Waals surface area contributed by atoms with Crippen LogP contribution in [0.4, 0.5) is 0 Å². The molecule has 3 atom stereocenters. The summed E-state index contributed by atoms with van der Waals surface area (Å²) < 4.78 is 1.84. The van der Waals surface area contributed by atoms with Crippen molar-refractivity contribution in [3.63, 3.8) is 0 Å². The molecule has 3 aliphatic rings. The van der Waals surface area contributed by atoms with Gasteiger partial charge in [-0.1, -0.05) is 43.2 Å². The summed E-state index contributed by atoms with van der Waals surface area (Å²) in [5.41, 5.74) is 3.38. The van der Waals surface area contributed by atoms with Crippen molar-refractivity contribution in [1.82, 2.24) is 9.47 Å². The number of amides is 1. The van der Waals surface area contributed by atoms with Gasteiger partial charge in [0, 0.05) is 31.8 Å². The van der Waals surface area contributed by atoms with E-state index >= 15 is 0 Å². The molecule has 4 heteroatoms. The van der Waals surface area contributed by atoms with Gasteiger partial charge in [-0.3, -0.25) is 9.59 Å². The zero-order chi connectivity index (χ0) is 19.3. The zero-order valence-corrected chi connectivity index (χ0v) is 16.6. The number of rotatable bonds is 2. The summed E-state index contributed by atoms with van der Waals surface area (Å²) >= 11 is 0. The predicted molar refractivity (Wildman–Crippen MR) is 109 cm³/mol. The van der Waals surface area contributed by atoms with Crippen molar-refractivity contribution in [2.24, 2.45) is 18.9 Å². The number of likely N-dealkylation sites (tertiary alicyclic amines) is 1. The van der Waals surface area contributed by atoms with Gasteiger partial charge in [0.05, 0.1) is 5.54 Å². The Bertz CT molecular complexity index is 964. The molecule has 2 aliphatic carbocycles. The molecule has 2 fully saturated rings. The molecule has 1 spiro atoms. The summed E-state index contributed by atoms with van der Waals surface area (Å²) in [6, 6.07) is 14.1. The average molecular weight is 377 g/mol. The monoisotopic (exact) mass is 376 g/mol. The van der Waals surface area contributed by atoms with Crippen LogP contribution < -0.4 is 5.56 Å². The highest BCUT2D eigenvalue weighted by molar-refractivity contribution is 5.80. The lowest BCUT2D eigenvalue weighted by molar-refractivity contribution is -0.136.